The van der Waals surface area contributed by atoms with E-state index in [1.54, 1.807) is 36.5 Å². The maximum Gasteiger partial charge on any atom is 0.257 e. The molecule has 0 atom stereocenters. The number of nitrogens with one attached hydrogen (secondary N) is 2. The standard InChI is InChI=1S/C27H22N6O3/c34-27(29-25-12-11-21(16-28-25)26-30-32-33-31-26)22-13-23(35-17-19-7-3-1-4-8-19)15-24(14-22)36-18-20-9-5-2-6-10-20/h1-16H,17-18H2,(H,28,29,34)(H,30,31,32,33). The summed E-state index contributed by atoms with van der Waals surface area (Å²) < 4.78 is 12.0. The van der Waals surface area contributed by atoms with Gasteiger partial charge in [0.2, 0.25) is 0 Å². The first-order valence-corrected chi connectivity index (χ1v) is 11.2. The van der Waals surface area contributed by atoms with Gasteiger partial charge < -0.3 is 14.8 Å². The highest BCUT2D eigenvalue weighted by atomic mass is 16.5. The molecule has 1 amide bonds. The van der Waals surface area contributed by atoms with Crippen molar-refractivity contribution in [2.24, 2.45) is 0 Å². The number of aromatic amines is 1. The van der Waals surface area contributed by atoms with E-state index in [0.29, 0.717) is 47.5 Å². The predicted octanol–water partition coefficient (Wildman–Crippen LogP) is 4.67. The number of ether oxygens (including phenoxy) is 2. The van der Waals surface area contributed by atoms with Crippen LogP contribution in [0.15, 0.2) is 97.2 Å². The van der Waals surface area contributed by atoms with Gasteiger partial charge in [-0.1, -0.05) is 60.7 Å². The van der Waals surface area contributed by atoms with Crippen LogP contribution in [-0.4, -0.2) is 31.5 Å². The highest BCUT2D eigenvalue weighted by molar-refractivity contribution is 6.04. The van der Waals surface area contributed by atoms with E-state index in [9.17, 15) is 4.79 Å². The van der Waals surface area contributed by atoms with Crippen LogP contribution >= 0.6 is 0 Å². The van der Waals surface area contributed by atoms with E-state index in [1.165, 1.54) is 0 Å². The molecule has 2 heterocycles. The molecule has 0 saturated heterocycles. The third kappa shape index (κ3) is 5.89. The summed E-state index contributed by atoms with van der Waals surface area (Å²) in [4.78, 5) is 17.4. The lowest BCUT2D eigenvalue weighted by molar-refractivity contribution is 0.102. The molecule has 0 aliphatic rings. The lowest BCUT2D eigenvalue weighted by Crippen LogP contribution is -2.13. The third-order valence-electron chi connectivity index (χ3n) is 5.26. The molecule has 5 aromatic rings. The summed E-state index contributed by atoms with van der Waals surface area (Å²) in [7, 11) is 0. The molecular formula is C27H22N6O3. The number of H-pyrrole nitrogens is 1. The molecule has 0 radical (unpaired) electrons. The molecule has 0 unspecified atom stereocenters. The van der Waals surface area contributed by atoms with Gasteiger partial charge in [-0.05, 0) is 45.8 Å². The number of hydrogen-bond donors (Lipinski definition) is 2. The summed E-state index contributed by atoms with van der Waals surface area (Å²) in [6, 6.07) is 28.2. The smallest absolute Gasteiger partial charge is 0.257 e. The number of carbonyl (C=O) groups is 1. The molecule has 0 spiro atoms. The van der Waals surface area contributed by atoms with Crippen molar-refractivity contribution in [1.29, 1.82) is 0 Å². The van der Waals surface area contributed by atoms with Gasteiger partial charge in [-0.15, -0.1) is 5.10 Å². The van der Waals surface area contributed by atoms with Gasteiger partial charge >= 0.3 is 0 Å². The zero-order valence-electron chi connectivity index (χ0n) is 19.2. The Morgan fingerprint density at radius 2 is 1.44 bits per heavy atom. The van der Waals surface area contributed by atoms with Crippen LogP contribution in [-0.2, 0) is 13.2 Å². The van der Waals surface area contributed by atoms with Crippen molar-refractivity contribution in [1.82, 2.24) is 25.6 Å². The van der Waals surface area contributed by atoms with Crippen molar-refractivity contribution in [2.75, 3.05) is 5.32 Å². The van der Waals surface area contributed by atoms with E-state index in [1.807, 2.05) is 60.7 Å². The Morgan fingerprint density at radius 1 is 0.806 bits per heavy atom. The van der Waals surface area contributed by atoms with Crippen molar-refractivity contribution in [3.63, 3.8) is 0 Å². The van der Waals surface area contributed by atoms with E-state index in [0.717, 1.165) is 11.1 Å². The van der Waals surface area contributed by atoms with Crippen LogP contribution in [0.2, 0.25) is 0 Å². The summed E-state index contributed by atoms with van der Waals surface area (Å²) in [6.45, 7) is 0.729. The Labute approximate surface area is 207 Å². The topological polar surface area (TPSA) is 115 Å². The Hall–Kier alpha value is -5.05. The number of benzene rings is 3. The van der Waals surface area contributed by atoms with Gasteiger partial charge in [0.1, 0.15) is 30.5 Å². The van der Waals surface area contributed by atoms with E-state index in [2.05, 4.69) is 30.9 Å². The average Bonchev–Trinajstić information content (AvgIpc) is 3.47. The van der Waals surface area contributed by atoms with Crippen molar-refractivity contribution in [2.45, 2.75) is 13.2 Å². The molecule has 3 aromatic carbocycles. The monoisotopic (exact) mass is 478 g/mol. The minimum absolute atomic E-state index is 0.341. The first kappa shape index (κ1) is 22.7. The molecular weight excluding hydrogens is 456 g/mol. The molecule has 5 rings (SSSR count). The number of carbonyl (C=O) groups excluding carboxylic acids is 1. The van der Waals surface area contributed by atoms with Gasteiger partial charge in [0, 0.05) is 23.4 Å². The summed E-state index contributed by atoms with van der Waals surface area (Å²) in [5, 5.41) is 16.4. The van der Waals surface area contributed by atoms with Crippen molar-refractivity contribution < 1.29 is 14.3 Å². The highest BCUT2D eigenvalue weighted by Crippen LogP contribution is 2.26. The highest BCUT2D eigenvalue weighted by Gasteiger charge is 2.13. The Bertz CT molecular complexity index is 1350. The molecule has 0 fully saturated rings. The van der Waals surface area contributed by atoms with Gasteiger partial charge in [-0.3, -0.25) is 4.79 Å². The maximum absolute atomic E-state index is 13.1. The van der Waals surface area contributed by atoms with Crippen LogP contribution in [0.5, 0.6) is 11.5 Å². The number of aromatic nitrogens is 5. The minimum atomic E-state index is -0.341. The largest absolute Gasteiger partial charge is 0.489 e. The molecule has 0 saturated carbocycles. The zero-order chi connectivity index (χ0) is 24.6. The number of anilines is 1. The van der Waals surface area contributed by atoms with Crippen LogP contribution in [0.3, 0.4) is 0 Å². The molecule has 2 aromatic heterocycles. The molecule has 0 aliphatic heterocycles. The van der Waals surface area contributed by atoms with Gasteiger partial charge in [-0.25, -0.2) is 10.1 Å². The van der Waals surface area contributed by atoms with Crippen LogP contribution in [0.1, 0.15) is 21.5 Å². The second-order valence-electron chi connectivity index (χ2n) is 7.88. The van der Waals surface area contributed by atoms with Gasteiger partial charge in [0.15, 0.2) is 5.82 Å². The Balaban J connectivity index is 1.33. The van der Waals surface area contributed by atoms with Crippen molar-refractivity contribution in [3.8, 4) is 22.9 Å². The predicted molar refractivity (Wildman–Crippen MR) is 133 cm³/mol. The molecule has 178 valence electrons. The fourth-order valence-electron chi connectivity index (χ4n) is 3.43. The summed E-state index contributed by atoms with van der Waals surface area (Å²) >= 11 is 0. The fourth-order valence-corrected chi connectivity index (χ4v) is 3.43. The van der Waals surface area contributed by atoms with Crippen LogP contribution in [0.4, 0.5) is 5.82 Å². The Kier molecular flexibility index (Phi) is 6.89. The van der Waals surface area contributed by atoms with E-state index < -0.39 is 0 Å². The van der Waals surface area contributed by atoms with Crippen LogP contribution in [0, 0.1) is 0 Å². The summed E-state index contributed by atoms with van der Waals surface area (Å²) in [6.07, 6.45) is 1.58. The van der Waals surface area contributed by atoms with Crippen molar-refractivity contribution in [3.05, 3.63) is 114 Å². The number of rotatable bonds is 9. The lowest BCUT2D eigenvalue weighted by Gasteiger charge is -2.13. The van der Waals surface area contributed by atoms with Crippen molar-refractivity contribution >= 4 is 11.7 Å². The normalized spacial score (nSPS) is 10.6. The molecule has 9 nitrogen and oxygen atoms in total. The van der Waals surface area contributed by atoms with Crippen LogP contribution in [0.25, 0.3) is 11.4 Å². The molecule has 0 aliphatic carbocycles. The van der Waals surface area contributed by atoms with Crippen LogP contribution < -0.4 is 14.8 Å². The minimum Gasteiger partial charge on any atom is -0.489 e. The maximum atomic E-state index is 13.1. The second kappa shape index (κ2) is 10.9. The lowest BCUT2D eigenvalue weighted by atomic mass is 10.1. The number of nitrogens with zero attached hydrogens (tertiary/aromatic N) is 4. The number of amides is 1. The second-order valence-corrected chi connectivity index (χ2v) is 7.88. The zero-order valence-corrected chi connectivity index (χ0v) is 19.2. The Morgan fingerprint density at radius 3 is 1.97 bits per heavy atom. The van der Waals surface area contributed by atoms with Gasteiger partial charge in [-0.2, -0.15) is 0 Å². The number of tetrazole rings is 1. The number of hydrogen-bond acceptors (Lipinski definition) is 7. The molecule has 9 heteroatoms. The number of pyridine rings is 1. The summed E-state index contributed by atoms with van der Waals surface area (Å²) in [5.41, 5.74) is 3.12. The third-order valence-corrected chi connectivity index (χ3v) is 5.26. The average molecular weight is 479 g/mol. The SMILES string of the molecule is O=C(Nc1ccc(-c2nnn[nH]2)cn1)c1cc(OCc2ccccc2)cc(OCc2ccccc2)c1. The van der Waals surface area contributed by atoms with E-state index >= 15 is 0 Å². The first-order chi connectivity index (χ1) is 17.7. The summed E-state index contributed by atoms with van der Waals surface area (Å²) in [5.74, 6) is 1.58. The van der Waals surface area contributed by atoms with Gasteiger partial charge in [0.05, 0.1) is 0 Å². The molecule has 36 heavy (non-hydrogen) atoms. The molecule has 2 N–H and O–H groups in total. The van der Waals surface area contributed by atoms with E-state index in [-0.39, 0.29) is 5.91 Å². The van der Waals surface area contributed by atoms with Gasteiger partial charge in [0.25, 0.3) is 5.91 Å². The quantitative estimate of drug-likeness (QED) is 0.316. The fraction of sp³-hybridized carbons (Fsp3) is 0.0741. The first-order valence-electron chi connectivity index (χ1n) is 11.2. The molecule has 0 bridgehead atoms. The van der Waals surface area contributed by atoms with E-state index in [4.69, 9.17) is 9.47 Å².